The monoisotopic (exact) mass is 432 g/mol. The fourth-order valence-electron chi connectivity index (χ4n) is 4.72. The highest BCUT2D eigenvalue weighted by Gasteiger charge is 2.50. The van der Waals surface area contributed by atoms with Crippen LogP contribution in [-0.2, 0) is 17.2 Å². The van der Waals surface area contributed by atoms with Gasteiger partial charge in [-0.25, -0.2) is 4.79 Å². The number of ether oxygens (including phenoxy) is 2. The number of aromatic nitrogens is 3. The Bertz CT molecular complexity index is 1100. The highest BCUT2D eigenvalue weighted by Crippen LogP contribution is 2.53. The summed E-state index contributed by atoms with van der Waals surface area (Å²) in [4.78, 5) is 14.1. The Kier molecular flexibility index (Phi) is 5.33. The lowest BCUT2D eigenvalue weighted by Gasteiger charge is -2.32. The first-order valence-electron chi connectivity index (χ1n) is 11.2. The molecule has 1 aromatic heterocycles. The Morgan fingerprint density at radius 2 is 1.78 bits per heavy atom. The van der Waals surface area contributed by atoms with Crippen LogP contribution in [-0.4, -0.2) is 47.0 Å². The first-order valence-corrected chi connectivity index (χ1v) is 11.2. The molecule has 1 saturated carbocycles. The third-order valence-electron chi connectivity index (χ3n) is 6.64. The molecule has 32 heavy (non-hydrogen) atoms. The normalized spacial score (nSPS) is 17.8. The van der Waals surface area contributed by atoms with Crippen LogP contribution < -0.4 is 9.64 Å². The van der Waals surface area contributed by atoms with E-state index in [1.54, 1.807) is 12.1 Å². The summed E-state index contributed by atoms with van der Waals surface area (Å²) < 4.78 is 13.1. The zero-order valence-corrected chi connectivity index (χ0v) is 18.5. The van der Waals surface area contributed by atoms with E-state index in [4.69, 9.17) is 9.47 Å². The molecule has 1 aliphatic carbocycles. The lowest BCUT2D eigenvalue weighted by Crippen LogP contribution is -2.39. The van der Waals surface area contributed by atoms with Crippen molar-refractivity contribution >= 4 is 11.9 Å². The summed E-state index contributed by atoms with van der Waals surface area (Å²) in [5.74, 6) is 2.32. The van der Waals surface area contributed by atoms with Crippen LogP contribution in [0.5, 0.6) is 5.75 Å². The van der Waals surface area contributed by atoms with Gasteiger partial charge in [0.15, 0.2) is 0 Å². The number of methoxy groups -OCH3 is 1. The highest BCUT2D eigenvalue weighted by atomic mass is 16.5. The van der Waals surface area contributed by atoms with Crippen LogP contribution in [0.4, 0.5) is 5.95 Å². The quantitative estimate of drug-likeness (QED) is 0.553. The molecule has 166 valence electrons. The van der Waals surface area contributed by atoms with Crippen LogP contribution in [0.2, 0.25) is 0 Å². The Labute approximate surface area is 188 Å². The average Bonchev–Trinajstić information content (AvgIpc) is 3.56. The molecular weight excluding hydrogens is 404 g/mol. The zero-order chi connectivity index (χ0) is 22.1. The lowest BCUT2D eigenvalue weighted by atomic mass is 9.95. The molecule has 0 bridgehead atoms. The van der Waals surface area contributed by atoms with Crippen LogP contribution >= 0.6 is 0 Å². The molecule has 0 unspecified atom stereocenters. The first kappa shape index (κ1) is 20.5. The van der Waals surface area contributed by atoms with Gasteiger partial charge in [-0.1, -0.05) is 36.4 Å². The number of rotatable bonds is 6. The standard InChI is InChI=1S/C25H28N4O3/c1-28-23(25(13-14-25)19-8-4-3-5-9-19)26-27-24(28)29-15-11-20(12-16-29)32-21-10-6-7-18(17-21)22(30)31-2/h3-10,17,20H,11-16H2,1-2H3. The second-order valence-corrected chi connectivity index (χ2v) is 8.65. The van der Waals surface area contributed by atoms with E-state index in [1.807, 2.05) is 12.1 Å². The molecule has 7 nitrogen and oxygen atoms in total. The molecule has 1 aliphatic heterocycles. The number of carbonyl (C=O) groups is 1. The minimum atomic E-state index is -0.354. The van der Waals surface area contributed by atoms with Crippen molar-refractivity contribution in [2.45, 2.75) is 37.2 Å². The summed E-state index contributed by atoms with van der Waals surface area (Å²) in [5.41, 5.74) is 1.83. The summed E-state index contributed by atoms with van der Waals surface area (Å²) in [6, 6.07) is 17.8. The van der Waals surface area contributed by atoms with Crippen molar-refractivity contribution in [1.82, 2.24) is 14.8 Å². The van der Waals surface area contributed by atoms with Gasteiger partial charge < -0.3 is 14.4 Å². The van der Waals surface area contributed by atoms with Gasteiger partial charge in [0.05, 0.1) is 18.1 Å². The van der Waals surface area contributed by atoms with E-state index in [9.17, 15) is 4.79 Å². The fourth-order valence-corrected chi connectivity index (χ4v) is 4.72. The SMILES string of the molecule is COC(=O)c1cccc(OC2CCN(c3nnc(C4(c5ccccc5)CC4)n3C)CC2)c1. The van der Waals surface area contributed by atoms with Gasteiger partial charge in [0.2, 0.25) is 5.95 Å². The van der Waals surface area contributed by atoms with E-state index in [0.29, 0.717) is 11.3 Å². The molecule has 2 aliphatic rings. The maximum Gasteiger partial charge on any atom is 0.337 e. The summed E-state index contributed by atoms with van der Waals surface area (Å²) in [5, 5.41) is 9.19. The Morgan fingerprint density at radius 3 is 2.47 bits per heavy atom. The minimum absolute atomic E-state index is 0.00729. The van der Waals surface area contributed by atoms with Crippen molar-refractivity contribution < 1.29 is 14.3 Å². The molecule has 3 aromatic rings. The molecular formula is C25H28N4O3. The predicted molar refractivity (Wildman–Crippen MR) is 121 cm³/mol. The number of esters is 1. The predicted octanol–water partition coefficient (Wildman–Crippen LogP) is 3.73. The highest BCUT2D eigenvalue weighted by molar-refractivity contribution is 5.89. The number of anilines is 1. The van der Waals surface area contributed by atoms with Crippen LogP contribution in [0, 0.1) is 0 Å². The number of piperidine rings is 1. The molecule has 0 atom stereocenters. The van der Waals surface area contributed by atoms with Crippen molar-refractivity contribution in [3.63, 3.8) is 0 Å². The molecule has 1 saturated heterocycles. The Hall–Kier alpha value is -3.35. The molecule has 5 rings (SSSR count). The number of hydrogen-bond acceptors (Lipinski definition) is 6. The van der Waals surface area contributed by atoms with Crippen molar-refractivity contribution in [3.8, 4) is 5.75 Å². The molecule has 0 spiro atoms. The topological polar surface area (TPSA) is 69.5 Å². The van der Waals surface area contributed by atoms with Gasteiger partial charge in [-0.2, -0.15) is 0 Å². The van der Waals surface area contributed by atoms with Crippen LogP contribution in [0.25, 0.3) is 0 Å². The average molecular weight is 433 g/mol. The second-order valence-electron chi connectivity index (χ2n) is 8.65. The van der Waals surface area contributed by atoms with Gasteiger partial charge in [0, 0.05) is 33.0 Å². The van der Waals surface area contributed by atoms with E-state index < -0.39 is 0 Å². The summed E-state index contributed by atoms with van der Waals surface area (Å²) >= 11 is 0. The van der Waals surface area contributed by atoms with Crippen molar-refractivity contribution in [2.75, 3.05) is 25.1 Å². The third-order valence-corrected chi connectivity index (χ3v) is 6.64. The van der Waals surface area contributed by atoms with Gasteiger partial charge in [0.1, 0.15) is 17.7 Å². The second kappa shape index (κ2) is 8.30. The first-order chi connectivity index (χ1) is 15.6. The van der Waals surface area contributed by atoms with Crippen molar-refractivity contribution in [1.29, 1.82) is 0 Å². The molecule has 0 N–H and O–H groups in total. The number of carbonyl (C=O) groups excluding carboxylic acids is 1. The summed E-state index contributed by atoms with van der Waals surface area (Å²) in [7, 11) is 3.46. The third kappa shape index (κ3) is 3.72. The smallest absolute Gasteiger partial charge is 0.337 e. The van der Waals surface area contributed by atoms with Gasteiger partial charge >= 0.3 is 5.97 Å². The van der Waals surface area contributed by atoms with Crippen molar-refractivity contribution in [3.05, 3.63) is 71.5 Å². The largest absolute Gasteiger partial charge is 0.490 e. The van der Waals surface area contributed by atoms with Crippen molar-refractivity contribution in [2.24, 2.45) is 7.05 Å². The van der Waals surface area contributed by atoms with E-state index in [1.165, 1.54) is 12.7 Å². The van der Waals surface area contributed by atoms with Crippen LogP contribution in [0.15, 0.2) is 54.6 Å². The lowest BCUT2D eigenvalue weighted by molar-refractivity contribution is 0.0599. The minimum Gasteiger partial charge on any atom is -0.490 e. The van der Waals surface area contributed by atoms with Crippen LogP contribution in [0.3, 0.4) is 0 Å². The van der Waals surface area contributed by atoms with Gasteiger partial charge in [-0.15, -0.1) is 10.2 Å². The zero-order valence-electron chi connectivity index (χ0n) is 18.5. The summed E-state index contributed by atoms with van der Waals surface area (Å²) in [6.45, 7) is 1.71. The van der Waals surface area contributed by atoms with Gasteiger partial charge in [-0.3, -0.25) is 4.57 Å². The summed E-state index contributed by atoms with van der Waals surface area (Å²) in [6.07, 6.45) is 4.10. The molecule has 2 heterocycles. The number of nitrogens with zero attached hydrogens (tertiary/aromatic N) is 4. The molecule has 0 amide bonds. The Balaban J connectivity index is 1.25. The molecule has 2 aromatic carbocycles. The molecule has 0 radical (unpaired) electrons. The van der Waals surface area contributed by atoms with E-state index in [0.717, 1.165) is 50.5 Å². The maximum absolute atomic E-state index is 11.8. The van der Waals surface area contributed by atoms with Crippen LogP contribution in [0.1, 0.15) is 47.4 Å². The molecule has 2 fully saturated rings. The fraction of sp³-hybridized carbons (Fsp3) is 0.400. The number of hydrogen-bond donors (Lipinski definition) is 0. The molecule has 7 heteroatoms. The van der Waals surface area contributed by atoms with Gasteiger partial charge in [-0.05, 0) is 36.6 Å². The number of benzene rings is 2. The van der Waals surface area contributed by atoms with E-state index >= 15 is 0 Å². The maximum atomic E-state index is 11.8. The Morgan fingerprint density at radius 1 is 1.03 bits per heavy atom. The van der Waals surface area contributed by atoms with E-state index in [-0.39, 0.29) is 17.5 Å². The van der Waals surface area contributed by atoms with Gasteiger partial charge in [0.25, 0.3) is 0 Å². The van der Waals surface area contributed by atoms with E-state index in [2.05, 4.69) is 57.0 Å².